The van der Waals surface area contributed by atoms with Crippen molar-refractivity contribution in [1.82, 2.24) is 5.32 Å². The van der Waals surface area contributed by atoms with E-state index in [0.29, 0.717) is 6.54 Å². The predicted octanol–water partition coefficient (Wildman–Crippen LogP) is 0.804. The molecule has 0 aliphatic heterocycles. The fourth-order valence-corrected chi connectivity index (χ4v) is 1.33. The molecule has 1 aliphatic carbocycles. The maximum Gasteiger partial charge on any atom is 0.235 e. The number of carbonyl (C=O) groups is 2. The Morgan fingerprint density at radius 3 is 2.47 bits per heavy atom. The number of hydrogen-bond acceptors (Lipinski definition) is 2. The first kappa shape index (κ1) is 12.0. The highest BCUT2D eigenvalue weighted by atomic mass is 16.2. The average Bonchev–Trinajstić information content (AvgIpc) is 2.95. The van der Waals surface area contributed by atoms with Crippen LogP contribution in [0.1, 0.15) is 39.5 Å². The number of nitrogens with two attached hydrogens (primary N) is 1. The van der Waals surface area contributed by atoms with E-state index in [1.807, 2.05) is 0 Å². The van der Waals surface area contributed by atoms with Gasteiger partial charge in [0.15, 0.2) is 0 Å². The summed E-state index contributed by atoms with van der Waals surface area (Å²) in [6.45, 7) is 3.74. The molecule has 1 saturated carbocycles. The van der Waals surface area contributed by atoms with Gasteiger partial charge in [-0.15, -0.1) is 0 Å². The number of amides is 2. The standard InChI is InChI=1S/C11H20N2O2/c1-11(2,9(12)14)10(15)13-7-3-4-8-5-6-8/h8H,3-7H2,1-2H3,(H2,12,14)(H,13,15). The van der Waals surface area contributed by atoms with E-state index in [1.54, 1.807) is 13.8 Å². The lowest BCUT2D eigenvalue weighted by Crippen LogP contribution is -2.45. The average molecular weight is 212 g/mol. The summed E-state index contributed by atoms with van der Waals surface area (Å²) >= 11 is 0. The van der Waals surface area contributed by atoms with Crippen LogP contribution in [0.2, 0.25) is 0 Å². The highest BCUT2D eigenvalue weighted by molar-refractivity contribution is 6.03. The Bertz CT molecular complexity index is 257. The van der Waals surface area contributed by atoms with Crippen molar-refractivity contribution in [3.63, 3.8) is 0 Å². The summed E-state index contributed by atoms with van der Waals surface area (Å²) in [6, 6.07) is 0. The number of nitrogens with one attached hydrogen (secondary N) is 1. The Labute approximate surface area is 90.6 Å². The molecule has 0 unspecified atom stereocenters. The summed E-state index contributed by atoms with van der Waals surface area (Å²) in [4.78, 5) is 22.5. The zero-order valence-corrected chi connectivity index (χ0v) is 9.51. The Morgan fingerprint density at radius 1 is 1.40 bits per heavy atom. The minimum Gasteiger partial charge on any atom is -0.369 e. The SMILES string of the molecule is CC(C)(C(N)=O)C(=O)NCCCC1CC1. The maximum atomic E-state index is 11.6. The molecular formula is C11H20N2O2. The molecule has 3 N–H and O–H groups in total. The van der Waals surface area contributed by atoms with Crippen molar-refractivity contribution in [3.8, 4) is 0 Å². The molecule has 0 spiro atoms. The van der Waals surface area contributed by atoms with Gasteiger partial charge in [-0.1, -0.05) is 12.8 Å². The summed E-state index contributed by atoms with van der Waals surface area (Å²) in [6.07, 6.45) is 4.84. The van der Waals surface area contributed by atoms with Crippen LogP contribution >= 0.6 is 0 Å². The van der Waals surface area contributed by atoms with Crippen LogP contribution in [0, 0.1) is 11.3 Å². The Balaban J connectivity index is 2.18. The zero-order valence-electron chi connectivity index (χ0n) is 9.51. The van der Waals surface area contributed by atoms with E-state index < -0.39 is 11.3 Å². The summed E-state index contributed by atoms with van der Waals surface area (Å²) in [7, 11) is 0. The highest BCUT2D eigenvalue weighted by Gasteiger charge is 2.33. The van der Waals surface area contributed by atoms with Gasteiger partial charge in [0.05, 0.1) is 0 Å². The third-order valence-electron chi connectivity index (χ3n) is 2.96. The molecule has 2 amide bonds. The molecule has 0 radical (unpaired) electrons. The molecule has 0 saturated heterocycles. The summed E-state index contributed by atoms with van der Waals surface area (Å²) in [5.74, 6) is 0.0269. The Kier molecular flexibility index (Phi) is 3.72. The van der Waals surface area contributed by atoms with Crippen LogP contribution in [0.5, 0.6) is 0 Å². The molecule has 86 valence electrons. The normalized spacial score (nSPS) is 16.1. The van der Waals surface area contributed by atoms with Gasteiger partial charge in [-0.3, -0.25) is 9.59 Å². The van der Waals surface area contributed by atoms with Crippen LogP contribution in [-0.4, -0.2) is 18.4 Å². The van der Waals surface area contributed by atoms with Crippen LogP contribution in [0.4, 0.5) is 0 Å². The lowest BCUT2D eigenvalue weighted by Gasteiger charge is -2.19. The zero-order chi connectivity index (χ0) is 11.5. The Morgan fingerprint density at radius 2 is 2.00 bits per heavy atom. The van der Waals surface area contributed by atoms with Crippen molar-refractivity contribution >= 4 is 11.8 Å². The molecule has 1 fully saturated rings. The maximum absolute atomic E-state index is 11.6. The molecule has 0 aromatic heterocycles. The summed E-state index contributed by atoms with van der Waals surface area (Å²) < 4.78 is 0. The van der Waals surface area contributed by atoms with Crippen LogP contribution in [0.25, 0.3) is 0 Å². The van der Waals surface area contributed by atoms with Crippen LogP contribution < -0.4 is 11.1 Å². The van der Waals surface area contributed by atoms with Gasteiger partial charge in [-0.2, -0.15) is 0 Å². The Hall–Kier alpha value is -1.06. The molecule has 4 heteroatoms. The second-order valence-electron chi connectivity index (χ2n) is 4.83. The van der Waals surface area contributed by atoms with Crippen LogP contribution in [-0.2, 0) is 9.59 Å². The second kappa shape index (κ2) is 4.64. The topological polar surface area (TPSA) is 72.2 Å². The van der Waals surface area contributed by atoms with Gasteiger partial charge in [0.1, 0.15) is 5.41 Å². The molecule has 0 atom stereocenters. The molecule has 15 heavy (non-hydrogen) atoms. The van der Waals surface area contributed by atoms with Crippen molar-refractivity contribution in [2.75, 3.05) is 6.54 Å². The first-order chi connectivity index (χ1) is 6.94. The smallest absolute Gasteiger partial charge is 0.235 e. The largest absolute Gasteiger partial charge is 0.369 e. The van der Waals surface area contributed by atoms with Crippen molar-refractivity contribution in [1.29, 1.82) is 0 Å². The molecular weight excluding hydrogens is 192 g/mol. The van der Waals surface area contributed by atoms with Crippen LogP contribution in [0.15, 0.2) is 0 Å². The number of primary amides is 1. The molecule has 0 aromatic carbocycles. The molecule has 0 aromatic rings. The van der Waals surface area contributed by atoms with E-state index in [9.17, 15) is 9.59 Å². The number of rotatable bonds is 6. The van der Waals surface area contributed by atoms with E-state index in [0.717, 1.165) is 12.3 Å². The van der Waals surface area contributed by atoms with Gasteiger partial charge < -0.3 is 11.1 Å². The molecule has 0 heterocycles. The third-order valence-corrected chi connectivity index (χ3v) is 2.96. The summed E-state index contributed by atoms with van der Waals surface area (Å²) in [5, 5.41) is 2.75. The van der Waals surface area contributed by atoms with Gasteiger partial charge in [0.2, 0.25) is 11.8 Å². The fraction of sp³-hybridized carbons (Fsp3) is 0.818. The van der Waals surface area contributed by atoms with E-state index in [-0.39, 0.29) is 5.91 Å². The number of carbonyl (C=O) groups excluding carboxylic acids is 2. The van der Waals surface area contributed by atoms with E-state index >= 15 is 0 Å². The minimum atomic E-state index is -1.10. The van der Waals surface area contributed by atoms with E-state index in [2.05, 4.69) is 5.32 Å². The lowest BCUT2D eigenvalue weighted by atomic mass is 9.91. The first-order valence-corrected chi connectivity index (χ1v) is 5.53. The van der Waals surface area contributed by atoms with Crippen LogP contribution in [0.3, 0.4) is 0 Å². The molecule has 1 aliphatic rings. The van der Waals surface area contributed by atoms with Gasteiger partial charge in [0, 0.05) is 6.54 Å². The van der Waals surface area contributed by atoms with E-state index in [1.165, 1.54) is 19.3 Å². The van der Waals surface area contributed by atoms with Gasteiger partial charge in [-0.25, -0.2) is 0 Å². The molecule has 4 nitrogen and oxygen atoms in total. The monoisotopic (exact) mass is 212 g/mol. The number of hydrogen-bond donors (Lipinski definition) is 2. The highest BCUT2D eigenvalue weighted by Crippen LogP contribution is 2.33. The van der Waals surface area contributed by atoms with Crippen molar-refractivity contribution < 1.29 is 9.59 Å². The van der Waals surface area contributed by atoms with Crippen molar-refractivity contribution in [2.24, 2.45) is 17.1 Å². The molecule has 1 rings (SSSR count). The minimum absolute atomic E-state index is 0.272. The summed E-state index contributed by atoms with van der Waals surface area (Å²) in [5.41, 5.74) is 4.04. The quantitative estimate of drug-likeness (QED) is 0.505. The molecule has 0 bridgehead atoms. The van der Waals surface area contributed by atoms with Crippen molar-refractivity contribution in [3.05, 3.63) is 0 Å². The predicted molar refractivity (Wildman–Crippen MR) is 57.9 cm³/mol. The fourth-order valence-electron chi connectivity index (χ4n) is 1.33. The second-order valence-corrected chi connectivity index (χ2v) is 4.83. The van der Waals surface area contributed by atoms with Gasteiger partial charge in [-0.05, 0) is 32.6 Å². The van der Waals surface area contributed by atoms with E-state index in [4.69, 9.17) is 5.73 Å². The first-order valence-electron chi connectivity index (χ1n) is 5.53. The van der Waals surface area contributed by atoms with Gasteiger partial charge >= 0.3 is 0 Å². The van der Waals surface area contributed by atoms with Gasteiger partial charge in [0.25, 0.3) is 0 Å². The lowest BCUT2D eigenvalue weighted by molar-refractivity contribution is -0.139. The third kappa shape index (κ3) is 3.53. The van der Waals surface area contributed by atoms with Crippen molar-refractivity contribution in [2.45, 2.75) is 39.5 Å².